The first-order valence-corrected chi connectivity index (χ1v) is 6.99. The summed E-state index contributed by atoms with van der Waals surface area (Å²) in [6.07, 6.45) is 1.62. The Bertz CT molecular complexity index is 564. The summed E-state index contributed by atoms with van der Waals surface area (Å²) in [7, 11) is 0. The van der Waals surface area contributed by atoms with Crippen LogP contribution in [0.3, 0.4) is 0 Å². The molecule has 0 radical (unpaired) electrons. The average molecular weight is 322 g/mol. The zero-order valence-electron chi connectivity index (χ0n) is 11.0. The molecule has 0 saturated heterocycles. The van der Waals surface area contributed by atoms with E-state index in [-0.39, 0.29) is 5.91 Å². The van der Waals surface area contributed by atoms with Gasteiger partial charge in [-0.05, 0) is 49.7 Å². The fourth-order valence-electron chi connectivity index (χ4n) is 1.88. The van der Waals surface area contributed by atoms with E-state index < -0.39 is 0 Å². The molecule has 1 heterocycles. The first kappa shape index (κ1) is 13.9. The summed E-state index contributed by atoms with van der Waals surface area (Å²) in [4.78, 5) is 14.2. The topological polar surface area (TPSA) is 33.5 Å². The van der Waals surface area contributed by atoms with Crippen molar-refractivity contribution >= 4 is 21.8 Å². The van der Waals surface area contributed by atoms with Gasteiger partial charge in [0.2, 0.25) is 0 Å². The van der Waals surface area contributed by atoms with E-state index in [0.717, 1.165) is 15.8 Å². The van der Waals surface area contributed by atoms with Gasteiger partial charge in [0.25, 0.3) is 5.91 Å². The maximum atomic E-state index is 12.4. The van der Waals surface area contributed by atoms with Crippen molar-refractivity contribution in [2.45, 2.75) is 20.4 Å². The smallest absolute Gasteiger partial charge is 0.254 e. The van der Waals surface area contributed by atoms with Crippen LogP contribution in [0, 0.1) is 6.92 Å². The molecular weight excluding hydrogens is 306 g/mol. The molecule has 0 fully saturated rings. The lowest BCUT2D eigenvalue weighted by atomic mass is 10.1. The molecule has 1 amide bonds. The Hall–Kier alpha value is -1.55. The molecule has 0 atom stereocenters. The molecule has 0 aliphatic rings. The first-order valence-electron chi connectivity index (χ1n) is 6.19. The van der Waals surface area contributed by atoms with Crippen LogP contribution in [0.4, 0.5) is 0 Å². The van der Waals surface area contributed by atoms with E-state index in [0.29, 0.717) is 18.7 Å². The second-order valence-corrected chi connectivity index (χ2v) is 5.22. The van der Waals surface area contributed by atoms with Gasteiger partial charge < -0.3 is 9.32 Å². The Labute approximate surface area is 121 Å². The van der Waals surface area contributed by atoms with Crippen LogP contribution in [0.5, 0.6) is 0 Å². The van der Waals surface area contributed by atoms with Gasteiger partial charge in [-0.2, -0.15) is 0 Å². The molecule has 1 aromatic carbocycles. The molecule has 0 aliphatic carbocycles. The van der Waals surface area contributed by atoms with Gasteiger partial charge in [-0.25, -0.2) is 0 Å². The Balaban J connectivity index is 2.18. The van der Waals surface area contributed by atoms with Crippen molar-refractivity contribution in [3.63, 3.8) is 0 Å². The van der Waals surface area contributed by atoms with Crippen LogP contribution in [-0.4, -0.2) is 17.4 Å². The number of amides is 1. The summed E-state index contributed by atoms with van der Waals surface area (Å²) in [5.74, 6) is 0.818. The summed E-state index contributed by atoms with van der Waals surface area (Å²) in [5.41, 5.74) is 1.76. The lowest BCUT2D eigenvalue weighted by Crippen LogP contribution is -2.30. The van der Waals surface area contributed by atoms with Crippen molar-refractivity contribution in [1.82, 2.24) is 4.90 Å². The van der Waals surface area contributed by atoms with Crippen LogP contribution in [0.1, 0.15) is 28.6 Å². The number of aryl methyl sites for hydroxylation is 1. The number of halogens is 1. The average Bonchev–Trinajstić information content (AvgIpc) is 2.91. The number of carbonyl (C=O) groups is 1. The highest BCUT2D eigenvalue weighted by Crippen LogP contribution is 2.19. The van der Waals surface area contributed by atoms with E-state index in [2.05, 4.69) is 15.9 Å². The molecule has 4 heteroatoms. The lowest BCUT2D eigenvalue weighted by Gasteiger charge is -2.20. The highest BCUT2D eigenvalue weighted by Gasteiger charge is 2.16. The molecule has 100 valence electrons. The van der Waals surface area contributed by atoms with Crippen LogP contribution in [0.15, 0.2) is 45.5 Å². The second-order valence-electron chi connectivity index (χ2n) is 4.36. The number of hydrogen-bond acceptors (Lipinski definition) is 2. The molecule has 0 spiro atoms. The van der Waals surface area contributed by atoms with E-state index in [1.165, 1.54) is 0 Å². The van der Waals surface area contributed by atoms with Crippen molar-refractivity contribution in [3.05, 3.63) is 58.0 Å². The van der Waals surface area contributed by atoms with E-state index >= 15 is 0 Å². The van der Waals surface area contributed by atoms with Gasteiger partial charge in [0, 0.05) is 16.6 Å². The molecule has 0 bridgehead atoms. The van der Waals surface area contributed by atoms with Crippen molar-refractivity contribution < 1.29 is 9.21 Å². The Morgan fingerprint density at radius 2 is 2.16 bits per heavy atom. The zero-order chi connectivity index (χ0) is 13.8. The van der Waals surface area contributed by atoms with Gasteiger partial charge in [-0.15, -0.1) is 0 Å². The number of nitrogens with zero attached hydrogens (tertiary/aromatic N) is 1. The van der Waals surface area contributed by atoms with Crippen LogP contribution in [0.2, 0.25) is 0 Å². The molecule has 2 rings (SSSR count). The maximum absolute atomic E-state index is 12.4. The van der Waals surface area contributed by atoms with Crippen molar-refractivity contribution in [2.75, 3.05) is 6.54 Å². The Morgan fingerprint density at radius 1 is 1.37 bits per heavy atom. The number of hydrogen-bond donors (Lipinski definition) is 0. The standard InChI is InChI=1S/C15H16BrNO2/c1-3-17(10-13-5-4-8-19-13)15(18)12-6-7-14(16)11(2)9-12/h4-9H,3,10H2,1-2H3. The van der Waals surface area contributed by atoms with Gasteiger partial charge >= 0.3 is 0 Å². The normalized spacial score (nSPS) is 10.5. The third-order valence-electron chi connectivity index (χ3n) is 3.00. The minimum atomic E-state index is 0.0227. The Kier molecular flexibility index (Phi) is 4.43. The highest BCUT2D eigenvalue weighted by molar-refractivity contribution is 9.10. The molecule has 1 aromatic heterocycles. The molecule has 0 saturated carbocycles. The molecule has 2 aromatic rings. The molecule has 0 unspecified atom stereocenters. The van der Waals surface area contributed by atoms with Crippen LogP contribution < -0.4 is 0 Å². The van der Waals surface area contributed by atoms with Gasteiger partial charge in [0.15, 0.2) is 0 Å². The minimum Gasteiger partial charge on any atom is -0.467 e. The van der Waals surface area contributed by atoms with Crippen molar-refractivity contribution in [3.8, 4) is 0 Å². The van der Waals surface area contributed by atoms with E-state index in [1.54, 1.807) is 11.2 Å². The summed E-state index contributed by atoms with van der Waals surface area (Å²) < 4.78 is 6.31. The second kappa shape index (κ2) is 6.06. The fourth-order valence-corrected chi connectivity index (χ4v) is 2.12. The van der Waals surface area contributed by atoms with Crippen molar-refractivity contribution in [1.29, 1.82) is 0 Å². The zero-order valence-corrected chi connectivity index (χ0v) is 12.6. The lowest BCUT2D eigenvalue weighted by molar-refractivity contribution is 0.0741. The quantitative estimate of drug-likeness (QED) is 0.852. The third-order valence-corrected chi connectivity index (χ3v) is 3.89. The monoisotopic (exact) mass is 321 g/mol. The fraction of sp³-hybridized carbons (Fsp3) is 0.267. The Morgan fingerprint density at radius 3 is 2.74 bits per heavy atom. The summed E-state index contributed by atoms with van der Waals surface area (Å²) >= 11 is 3.44. The summed E-state index contributed by atoms with van der Waals surface area (Å²) in [6.45, 7) is 5.09. The molecule has 3 nitrogen and oxygen atoms in total. The van der Waals surface area contributed by atoms with Crippen LogP contribution >= 0.6 is 15.9 Å². The van der Waals surface area contributed by atoms with Gasteiger partial charge in [-0.1, -0.05) is 15.9 Å². The van der Waals surface area contributed by atoms with Gasteiger partial charge in [0.1, 0.15) is 5.76 Å². The summed E-state index contributed by atoms with van der Waals surface area (Å²) in [5, 5.41) is 0. The number of furan rings is 1. The number of carbonyl (C=O) groups excluding carboxylic acids is 1. The largest absolute Gasteiger partial charge is 0.467 e. The first-order chi connectivity index (χ1) is 9.11. The minimum absolute atomic E-state index is 0.0227. The van der Waals surface area contributed by atoms with Crippen LogP contribution in [0.25, 0.3) is 0 Å². The maximum Gasteiger partial charge on any atom is 0.254 e. The SMILES string of the molecule is CCN(Cc1ccco1)C(=O)c1ccc(Br)c(C)c1. The van der Waals surface area contributed by atoms with E-state index in [9.17, 15) is 4.79 Å². The van der Waals surface area contributed by atoms with E-state index in [1.807, 2.05) is 44.2 Å². The third kappa shape index (κ3) is 3.26. The van der Waals surface area contributed by atoms with Gasteiger partial charge in [0.05, 0.1) is 12.8 Å². The predicted octanol–water partition coefficient (Wildman–Crippen LogP) is 4.01. The predicted molar refractivity (Wildman–Crippen MR) is 78.0 cm³/mol. The molecule has 0 aliphatic heterocycles. The summed E-state index contributed by atoms with van der Waals surface area (Å²) in [6, 6.07) is 9.35. The molecule has 0 N–H and O–H groups in total. The van der Waals surface area contributed by atoms with Gasteiger partial charge in [-0.3, -0.25) is 4.79 Å². The van der Waals surface area contributed by atoms with Crippen molar-refractivity contribution in [2.24, 2.45) is 0 Å². The number of rotatable bonds is 4. The molecule has 19 heavy (non-hydrogen) atoms. The number of benzene rings is 1. The van der Waals surface area contributed by atoms with E-state index in [4.69, 9.17) is 4.42 Å². The molecular formula is C15H16BrNO2. The van der Waals surface area contributed by atoms with Crippen LogP contribution in [-0.2, 0) is 6.54 Å². The highest BCUT2D eigenvalue weighted by atomic mass is 79.9.